The number of hydrogen-bond donors (Lipinski definition) is 1. The Balaban J connectivity index is 0.000000350. The average molecular weight is 581 g/mol. The summed E-state index contributed by atoms with van der Waals surface area (Å²) in [6.45, 7) is 7.93. The Morgan fingerprint density at radius 3 is 2.67 bits per heavy atom. The number of nitrogens with zero attached hydrogens (tertiary/aromatic N) is 1. The van der Waals surface area contributed by atoms with Crippen molar-refractivity contribution in [3.8, 4) is 17.0 Å². The van der Waals surface area contributed by atoms with E-state index in [4.69, 9.17) is 14.8 Å². The quantitative estimate of drug-likeness (QED) is 0.241. The molecular weight excluding hydrogens is 554 g/mol. The van der Waals surface area contributed by atoms with E-state index in [1.807, 2.05) is 12.1 Å². The SMILES string of the molecule is CC(=O)/C=C(/C)O.CC(C)Cc1cccc2nc3c(cc12)OCc1ccc[c-]c1-3.[Ir]. The summed E-state index contributed by atoms with van der Waals surface area (Å²) in [5.74, 6) is 1.43. The smallest absolute Gasteiger partial charge is 0.155 e. The molecule has 0 atom stereocenters. The molecule has 2 heterocycles. The fourth-order valence-electron chi connectivity index (χ4n) is 3.41. The summed E-state index contributed by atoms with van der Waals surface area (Å²) in [5.41, 5.74) is 5.51. The maximum Gasteiger partial charge on any atom is 0.155 e. The molecule has 1 aromatic heterocycles. The van der Waals surface area contributed by atoms with Gasteiger partial charge in [-0.1, -0.05) is 31.5 Å². The minimum atomic E-state index is -0.125. The second-order valence-electron chi connectivity index (χ2n) is 7.67. The van der Waals surface area contributed by atoms with Crippen molar-refractivity contribution >= 4 is 16.7 Å². The van der Waals surface area contributed by atoms with Crippen LogP contribution in [-0.4, -0.2) is 15.9 Å². The molecule has 1 aliphatic heterocycles. The molecule has 159 valence electrons. The first-order valence-corrected chi connectivity index (χ1v) is 9.78. The molecule has 0 unspecified atom stereocenters. The maximum absolute atomic E-state index is 10.0. The van der Waals surface area contributed by atoms with Gasteiger partial charge in [-0.25, -0.2) is 0 Å². The van der Waals surface area contributed by atoms with Crippen molar-refractivity contribution in [2.45, 2.75) is 40.7 Å². The second-order valence-corrected chi connectivity index (χ2v) is 7.67. The van der Waals surface area contributed by atoms with Crippen LogP contribution in [-0.2, 0) is 37.9 Å². The van der Waals surface area contributed by atoms with Crippen LogP contribution in [0.15, 0.2) is 54.3 Å². The van der Waals surface area contributed by atoms with Gasteiger partial charge in [-0.3, -0.25) is 9.78 Å². The zero-order valence-electron chi connectivity index (χ0n) is 17.7. The van der Waals surface area contributed by atoms with Gasteiger partial charge in [0.15, 0.2) is 5.78 Å². The number of aliphatic hydroxyl groups excluding tert-OH is 1. The molecule has 0 saturated heterocycles. The van der Waals surface area contributed by atoms with E-state index in [2.05, 4.69) is 50.2 Å². The van der Waals surface area contributed by atoms with E-state index in [0.29, 0.717) is 12.5 Å². The maximum atomic E-state index is 10.0. The first kappa shape index (κ1) is 23.8. The van der Waals surface area contributed by atoms with Crippen molar-refractivity contribution in [3.63, 3.8) is 0 Å². The van der Waals surface area contributed by atoms with Gasteiger partial charge in [0.1, 0.15) is 5.75 Å². The zero-order chi connectivity index (χ0) is 21.0. The average Bonchev–Trinajstić information content (AvgIpc) is 2.66. The Hall–Kier alpha value is -2.49. The molecule has 5 heteroatoms. The monoisotopic (exact) mass is 581 g/mol. The zero-order valence-corrected chi connectivity index (χ0v) is 20.0. The Bertz CT molecular complexity index is 1070. The van der Waals surface area contributed by atoms with Gasteiger partial charge in [0.05, 0.1) is 17.9 Å². The molecule has 3 aromatic rings. The van der Waals surface area contributed by atoms with Crippen molar-refractivity contribution in [3.05, 3.63) is 71.5 Å². The van der Waals surface area contributed by atoms with Crippen molar-refractivity contribution in [2.75, 3.05) is 0 Å². The van der Waals surface area contributed by atoms with Gasteiger partial charge in [-0.2, -0.15) is 0 Å². The Morgan fingerprint density at radius 2 is 2.03 bits per heavy atom. The molecule has 4 rings (SSSR count). The number of ketones is 1. The normalized spacial score (nSPS) is 12.1. The van der Waals surface area contributed by atoms with E-state index in [1.54, 1.807) is 0 Å². The van der Waals surface area contributed by atoms with Crippen LogP contribution < -0.4 is 4.74 Å². The number of aromatic nitrogens is 1. The van der Waals surface area contributed by atoms with Gasteiger partial charge in [0.2, 0.25) is 0 Å². The Labute approximate surface area is 191 Å². The largest absolute Gasteiger partial charge is 0.512 e. The fraction of sp³-hybridized carbons (Fsp3) is 0.280. The first-order valence-electron chi connectivity index (χ1n) is 9.78. The molecule has 0 aliphatic carbocycles. The molecular formula is C25H26IrNO3-. The van der Waals surface area contributed by atoms with Gasteiger partial charge in [-0.15, -0.1) is 29.8 Å². The van der Waals surface area contributed by atoms with E-state index in [0.717, 1.165) is 34.5 Å². The van der Waals surface area contributed by atoms with Gasteiger partial charge in [0.25, 0.3) is 0 Å². The second kappa shape index (κ2) is 10.5. The number of carbonyl (C=O) groups excluding carboxylic acids is 1. The van der Waals surface area contributed by atoms with Crippen LogP contribution in [0.4, 0.5) is 0 Å². The summed E-state index contributed by atoms with van der Waals surface area (Å²) in [5, 5.41) is 9.57. The summed E-state index contributed by atoms with van der Waals surface area (Å²) in [4.78, 5) is 14.9. The number of benzene rings is 2. The summed E-state index contributed by atoms with van der Waals surface area (Å²) in [7, 11) is 0. The van der Waals surface area contributed by atoms with E-state index >= 15 is 0 Å². The van der Waals surface area contributed by atoms with Gasteiger partial charge in [-0.05, 0) is 43.9 Å². The molecule has 0 saturated carbocycles. The molecule has 30 heavy (non-hydrogen) atoms. The third kappa shape index (κ3) is 5.78. The summed E-state index contributed by atoms with van der Waals surface area (Å²) in [6.07, 6.45) is 2.22. The van der Waals surface area contributed by atoms with Crippen LogP contribution in [0.3, 0.4) is 0 Å². The number of rotatable bonds is 3. The first-order chi connectivity index (χ1) is 13.8. The Kier molecular flexibility index (Phi) is 8.33. The predicted molar refractivity (Wildman–Crippen MR) is 116 cm³/mol. The third-order valence-electron chi connectivity index (χ3n) is 4.52. The van der Waals surface area contributed by atoms with Gasteiger partial charge < -0.3 is 9.84 Å². The van der Waals surface area contributed by atoms with Gasteiger partial charge >= 0.3 is 0 Å². The molecule has 0 bridgehead atoms. The van der Waals surface area contributed by atoms with Crippen LogP contribution >= 0.6 is 0 Å². The van der Waals surface area contributed by atoms with E-state index < -0.39 is 0 Å². The minimum absolute atomic E-state index is 0. The van der Waals surface area contributed by atoms with Gasteiger partial charge in [0, 0.05) is 37.3 Å². The van der Waals surface area contributed by atoms with Crippen molar-refractivity contribution in [1.29, 1.82) is 0 Å². The molecule has 1 N–H and O–H groups in total. The van der Waals surface area contributed by atoms with Crippen molar-refractivity contribution in [2.24, 2.45) is 5.92 Å². The number of allylic oxidation sites excluding steroid dienone is 2. The molecule has 4 nitrogen and oxygen atoms in total. The summed E-state index contributed by atoms with van der Waals surface area (Å²) < 4.78 is 5.94. The van der Waals surface area contributed by atoms with Crippen LogP contribution in [0.2, 0.25) is 0 Å². The number of pyridine rings is 1. The van der Waals surface area contributed by atoms with Crippen LogP contribution in [0.25, 0.3) is 22.2 Å². The number of fused-ring (bicyclic) bond motifs is 4. The minimum Gasteiger partial charge on any atom is -0.512 e. The molecule has 2 aromatic carbocycles. The molecule has 0 fully saturated rings. The topological polar surface area (TPSA) is 59.4 Å². The number of carbonyl (C=O) groups is 1. The van der Waals surface area contributed by atoms with E-state index in [-0.39, 0.29) is 31.6 Å². The molecule has 0 amide bonds. The molecule has 0 spiro atoms. The number of aliphatic hydroxyl groups is 1. The standard InChI is InChI=1S/C20H18NO.C5H8O2.Ir/c1-13(2)10-14-7-5-9-18-17(14)11-19-20(21-18)16-8-4-3-6-15(16)12-22-19;1-4(6)3-5(2)7;/h3-7,9,11,13H,10,12H2,1-2H3;3,6H,1-2H3;/q-1;;/b;4-3-;. The molecule has 1 radical (unpaired) electrons. The van der Waals surface area contributed by atoms with Crippen LogP contribution in [0, 0.1) is 12.0 Å². The number of hydrogen-bond acceptors (Lipinski definition) is 4. The van der Waals surface area contributed by atoms with E-state index in [1.165, 1.54) is 30.9 Å². The van der Waals surface area contributed by atoms with Crippen molar-refractivity contribution in [1.82, 2.24) is 4.98 Å². The van der Waals surface area contributed by atoms with E-state index in [9.17, 15) is 4.79 Å². The molecule has 1 aliphatic rings. The summed E-state index contributed by atoms with van der Waals surface area (Å²) in [6, 6.07) is 17.8. The predicted octanol–water partition coefficient (Wildman–Crippen LogP) is 5.83. The Morgan fingerprint density at radius 1 is 1.27 bits per heavy atom. The number of ether oxygens (including phenoxy) is 1. The van der Waals surface area contributed by atoms with Crippen LogP contribution in [0.1, 0.15) is 38.8 Å². The fourth-order valence-corrected chi connectivity index (χ4v) is 3.41. The third-order valence-corrected chi connectivity index (χ3v) is 4.52. The van der Waals surface area contributed by atoms with Crippen LogP contribution in [0.5, 0.6) is 5.75 Å². The van der Waals surface area contributed by atoms with Crippen molar-refractivity contribution < 1.29 is 34.7 Å². The summed E-state index contributed by atoms with van der Waals surface area (Å²) >= 11 is 0.